The smallest absolute Gasteiger partial charge is 0.111 e. The van der Waals surface area contributed by atoms with Crippen LogP contribution in [0, 0.1) is 6.92 Å². The number of aromatic amines is 1. The Kier molecular flexibility index (Phi) is 5.62. The van der Waals surface area contributed by atoms with Gasteiger partial charge in [-0.1, -0.05) is 72.7 Å². The number of nitrogens with zero attached hydrogens (tertiary/aromatic N) is 1. The first kappa shape index (κ1) is 18.3. The number of hydrogen-bond donors (Lipinski definition) is 1. The van der Waals surface area contributed by atoms with Crippen LogP contribution >= 0.6 is 66.7 Å². The van der Waals surface area contributed by atoms with E-state index in [0.29, 0.717) is 21.5 Å². The molecule has 3 aromatic rings. The van der Waals surface area contributed by atoms with E-state index in [0.717, 1.165) is 37.3 Å². The number of aromatic nitrogens is 2. The molecule has 0 unspecified atom stereocenters. The summed E-state index contributed by atoms with van der Waals surface area (Å²) in [6.07, 6.45) is 0.684. The first-order chi connectivity index (χ1) is 11.3. The van der Waals surface area contributed by atoms with Gasteiger partial charge in [-0.25, -0.2) is 4.98 Å². The summed E-state index contributed by atoms with van der Waals surface area (Å²) in [7, 11) is 0. The monoisotopic (exact) mass is 506 g/mol. The fourth-order valence-electron chi connectivity index (χ4n) is 2.42. The van der Waals surface area contributed by atoms with Gasteiger partial charge in [0.2, 0.25) is 0 Å². The van der Waals surface area contributed by atoms with Crippen molar-refractivity contribution in [2.45, 2.75) is 13.3 Å². The van der Waals surface area contributed by atoms with Crippen molar-refractivity contribution in [2.24, 2.45) is 0 Å². The van der Waals surface area contributed by atoms with Gasteiger partial charge in [0.15, 0.2) is 0 Å². The van der Waals surface area contributed by atoms with E-state index in [1.54, 1.807) is 12.1 Å². The van der Waals surface area contributed by atoms with Crippen molar-refractivity contribution in [1.82, 2.24) is 9.97 Å². The first-order valence-corrected chi connectivity index (χ1v) is 9.71. The molecule has 0 aliphatic rings. The molecule has 2 aromatic carbocycles. The lowest BCUT2D eigenvalue weighted by atomic mass is 10.1. The SMILES string of the molecule is Cc1[nH]c(Cc2ccc(Br)cc2Br)nc1-c1cc(Cl)c(Cl)c(Cl)c1. The summed E-state index contributed by atoms with van der Waals surface area (Å²) in [4.78, 5) is 8.03. The predicted molar refractivity (Wildman–Crippen MR) is 108 cm³/mol. The van der Waals surface area contributed by atoms with E-state index in [1.807, 2.05) is 19.1 Å². The van der Waals surface area contributed by atoms with Gasteiger partial charge in [0.05, 0.1) is 20.8 Å². The standard InChI is InChI=1S/C17H11Br2Cl3N2/c1-8-17(10-4-13(20)16(22)14(21)5-10)24-15(23-8)6-9-2-3-11(18)7-12(9)19/h2-5,7H,6H2,1H3,(H,23,24). The second-order valence-electron chi connectivity index (χ2n) is 5.32. The number of halogens is 5. The summed E-state index contributed by atoms with van der Waals surface area (Å²) in [6, 6.07) is 9.64. The minimum absolute atomic E-state index is 0.356. The third kappa shape index (κ3) is 3.83. The van der Waals surface area contributed by atoms with Gasteiger partial charge < -0.3 is 4.98 Å². The fourth-order valence-corrected chi connectivity index (χ4v) is 4.21. The maximum absolute atomic E-state index is 6.13. The Morgan fingerprint density at radius 1 is 1.04 bits per heavy atom. The minimum atomic E-state index is 0.356. The molecule has 0 aliphatic heterocycles. The Labute approximate surface area is 171 Å². The second-order valence-corrected chi connectivity index (χ2v) is 8.29. The molecule has 0 saturated heterocycles. The van der Waals surface area contributed by atoms with Gasteiger partial charge >= 0.3 is 0 Å². The molecule has 0 fully saturated rings. The zero-order valence-corrected chi connectivity index (χ0v) is 17.9. The Morgan fingerprint density at radius 3 is 2.33 bits per heavy atom. The molecule has 0 aliphatic carbocycles. The summed E-state index contributed by atoms with van der Waals surface area (Å²) >= 11 is 25.3. The maximum Gasteiger partial charge on any atom is 0.111 e. The minimum Gasteiger partial charge on any atom is -0.345 e. The van der Waals surface area contributed by atoms with E-state index >= 15 is 0 Å². The van der Waals surface area contributed by atoms with Gasteiger partial charge in [-0.05, 0) is 36.8 Å². The third-order valence-electron chi connectivity index (χ3n) is 3.56. The average Bonchev–Trinajstić information content (AvgIpc) is 2.88. The topological polar surface area (TPSA) is 28.7 Å². The van der Waals surface area contributed by atoms with Crippen molar-refractivity contribution in [1.29, 1.82) is 0 Å². The van der Waals surface area contributed by atoms with Crippen molar-refractivity contribution in [2.75, 3.05) is 0 Å². The molecule has 2 nitrogen and oxygen atoms in total. The highest BCUT2D eigenvalue weighted by molar-refractivity contribution is 9.11. The Hall–Kier alpha value is -0.520. The second kappa shape index (κ2) is 7.38. The van der Waals surface area contributed by atoms with Crippen LogP contribution in [0.1, 0.15) is 17.1 Å². The van der Waals surface area contributed by atoms with Gasteiger partial charge in [0.25, 0.3) is 0 Å². The van der Waals surface area contributed by atoms with E-state index in [1.165, 1.54) is 0 Å². The van der Waals surface area contributed by atoms with Crippen LogP contribution in [0.25, 0.3) is 11.3 Å². The molecule has 0 atom stereocenters. The molecular formula is C17H11Br2Cl3N2. The van der Waals surface area contributed by atoms with Crippen molar-refractivity contribution < 1.29 is 0 Å². The predicted octanol–water partition coefficient (Wildman–Crippen LogP) is 7.46. The van der Waals surface area contributed by atoms with Crippen LogP contribution in [-0.4, -0.2) is 9.97 Å². The van der Waals surface area contributed by atoms with Crippen LogP contribution in [0.2, 0.25) is 15.1 Å². The molecule has 1 aromatic heterocycles. The number of benzene rings is 2. The van der Waals surface area contributed by atoms with E-state index in [4.69, 9.17) is 39.8 Å². The molecule has 1 N–H and O–H groups in total. The summed E-state index contributed by atoms with van der Waals surface area (Å²) in [5.74, 6) is 0.868. The Morgan fingerprint density at radius 2 is 1.71 bits per heavy atom. The molecule has 0 saturated carbocycles. The highest BCUT2D eigenvalue weighted by Crippen LogP contribution is 2.35. The lowest BCUT2D eigenvalue weighted by Gasteiger charge is -2.04. The molecule has 3 rings (SSSR count). The zero-order chi connectivity index (χ0) is 17.4. The van der Waals surface area contributed by atoms with Crippen LogP contribution in [-0.2, 0) is 6.42 Å². The van der Waals surface area contributed by atoms with E-state index in [-0.39, 0.29) is 0 Å². The summed E-state index contributed by atoms with van der Waals surface area (Å²) < 4.78 is 2.06. The van der Waals surface area contributed by atoms with Crippen LogP contribution < -0.4 is 0 Å². The number of imidazole rings is 1. The van der Waals surface area contributed by atoms with Crippen LogP contribution in [0.3, 0.4) is 0 Å². The van der Waals surface area contributed by atoms with Gasteiger partial charge in [-0.3, -0.25) is 0 Å². The van der Waals surface area contributed by atoms with Crippen molar-refractivity contribution >= 4 is 66.7 Å². The molecule has 24 heavy (non-hydrogen) atoms. The molecule has 0 spiro atoms. The Bertz CT molecular complexity index is 899. The third-order valence-corrected chi connectivity index (χ3v) is 5.99. The summed E-state index contributed by atoms with van der Waals surface area (Å²) in [5.41, 5.74) is 3.75. The summed E-state index contributed by atoms with van der Waals surface area (Å²) in [5, 5.41) is 1.19. The van der Waals surface area contributed by atoms with Crippen molar-refractivity contribution in [3.63, 3.8) is 0 Å². The van der Waals surface area contributed by atoms with Crippen LogP contribution in [0.4, 0.5) is 0 Å². The lowest BCUT2D eigenvalue weighted by Crippen LogP contribution is -1.92. The highest BCUT2D eigenvalue weighted by atomic mass is 79.9. The Balaban J connectivity index is 1.96. The van der Waals surface area contributed by atoms with Crippen molar-refractivity contribution in [3.8, 4) is 11.3 Å². The molecule has 7 heteroatoms. The first-order valence-electron chi connectivity index (χ1n) is 6.99. The molecule has 0 amide bonds. The number of aryl methyl sites for hydroxylation is 1. The van der Waals surface area contributed by atoms with Crippen molar-refractivity contribution in [3.05, 3.63) is 71.4 Å². The summed E-state index contributed by atoms with van der Waals surface area (Å²) in [6.45, 7) is 1.97. The van der Waals surface area contributed by atoms with Gasteiger partial charge in [0, 0.05) is 26.6 Å². The molecule has 124 valence electrons. The van der Waals surface area contributed by atoms with E-state index in [9.17, 15) is 0 Å². The maximum atomic E-state index is 6.13. The lowest BCUT2D eigenvalue weighted by molar-refractivity contribution is 1.01. The van der Waals surface area contributed by atoms with Gasteiger partial charge in [-0.2, -0.15) is 0 Å². The zero-order valence-electron chi connectivity index (χ0n) is 12.4. The fraction of sp³-hybridized carbons (Fsp3) is 0.118. The van der Waals surface area contributed by atoms with Crippen LogP contribution in [0.5, 0.6) is 0 Å². The van der Waals surface area contributed by atoms with E-state index < -0.39 is 0 Å². The molecule has 0 radical (unpaired) electrons. The van der Waals surface area contributed by atoms with E-state index in [2.05, 4.69) is 42.9 Å². The number of nitrogens with one attached hydrogen (secondary N) is 1. The van der Waals surface area contributed by atoms with Gasteiger partial charge in [0.1, 0.15) is 5.82 Å². The van der Waals surface area contributed by atoms with Crippen LogP contribution in [0.15, 0.2) is 39.3 Å². The molecular weight excluding hydrogens is 498 g/mol. The van der Waals surface area contributed by atoms with Gasteiger partial charge in [-0.15, -0.1) is 0 Å². The highest BCUT2D eigenvalue weighted by Gasteiger charge is 2.14. The number of H-pyrrole nitrogens is 1. The largest absolute Gasteiger partial charge is 0.345 e. The average molecular weight is 509 g/mol. The number of hydrogen-bond acceptors (Lipinski definition) is 1. The normalized spacial score (nSPS) is 11.1. The number of rotatable bonds is 3. The molecule has 1 heterocycles. The molecule has 0 bridgehead atoms. The quantitative estimate of drug-likeness (QED) is 0.365.